The number of benzene rings is 2. The number of carbonyl (C=O) groups excluding carboxylic acids is 1. The van der Waals surface area contributed by atoms with Gasteiger partial charge < -0.3 is 11.1 Å². The molecule has 0 saturated heterocycles. The van der Waals surface area contributed by atoms with E-state index in [1.54, 1.807) is 18.2 Å². The van der Waals surface area contributed by atoms with Crippen molar-refractivity contribution < 1.29 is 13.6 Å². The second-order valence-electron chi connectivity index (χ2n) is 6.29. The van der Waals surface area contributed by atoms with Crippen molar-refractivity contribution in [1.29, 1.82) is 0 Å². The number of amides is 1. The highest BCUT2D eigenvalue weighted by atomic mass is 35.5. The van der Waals surface area contributed by atoms with Crippen molar-refractivity contribution in [3.63, 3.8) is 0 Å². The van der Waals surface area contributed by atoms with Gasteiger partial charge in [-0.1, -0.05) is 18.2 Å². The minimum Gasteiger partial charge on any atom is -0.349 e. The predicted octanol–water partition coefficient (Wildman–Crippen LogP) is 4.05. The summed E-state index contributed by atoms with van der Waals surface area (Å²) in [7, 11) is 0. The average molecular weight is 367 g/mol. The van der Waals surface area contributed by atoms with Crippen molar-refractivity contribution in [3.8, 4) is 11.1 Å². The Kier molecular flexibility index (Phi) is 6.51. The normalized spacial score (nSPS) is 19.8. The maximum Gasteiger partial charge on any atom is 0.254 e. The zero-order chi connectivity index (χ0) is 17.1. The highest BCUT2D eigenvalue weighted by Gasteiger charge is 2.22. The van der Waals surface area contributed by atoms with Gasteiger partial charge in [0.05, 0.1) is 5.56 Å². The lowest BCUT2D eigenvalue weighted by atomic mass is 9.91. The molecule has 0 radical (unpaired) electrons. The molecule has 134 valence electrons. The zero-order valence-corrected chi connectivity index (χ0v) is 14.5. The topological polar surface area (TPSA) is 55.1 Å². The largest absolute Gasteiger partial charge is 0.349 e. The lowest BCUT2D eigenvalue weighted by Gasteiger charge is -2.26. The Bertz CT molecular complexity index is 729. The first-order chi connectivity index (χ1) is 11.5. The predicted molar refractivity (Wildman–Crippen MR) is 96.7 cm³/mol. The summed E-state index contributed by atoms with van der Waals surface area (Å²) in [5.74, 6) is -1.33. The van der Waals surface area contributed by atoms with Gasteiger partial charge in [0.1, 0.15) is 11.6 Å². The lowest BCUT2D eigenvalue weighted by molar-refractivity contribution is 0.0922. The van der Waals surface area contributed by atoms with Crippen molar-refractivity contribution in [3.05, 3.63) is 59.7 Å². The van der Waals surface area contributed by atoms with Crippen LogP contribution in [0.4, 0.5) is 8.78 Å². The first-order valence-electron chi connectivity index (χ1n) is 8.15. The molecule has 0 aromatic heterocycles. The van der Waals surface area contributed by atoms with Gasteiger partial charge in [-0.05, 0) is 61.1 Å². The van der Waals surface area contributed by atoms with E-state index < -0.39 is 11.7 Å². The molecule has 3 rings (SSSR count). The van der Waals surface area contributed by atoms with Crippen LogP contribution in [0.2, 0.25) is 0 Å². The summed E-state index contributed by atoms with van der Waals surface area (Å²) in [4.78, 5) is 12.3. The Balaban J connectivity index is 0.00000225. The van der Waals surface area contributed by atoms with Gasteiger partial charge in [0, 0.05) is 12.1 Å². The van der Waals surface area contributed by atoms with Crippen LogP contribution in [0, 0.1) is 11.6 Å². The Morgan fingerprint density at radius 1 is 0.960 bits per heavy atom. The van der Waals surface area contributed by atoms with E-state index in [9.17, 15) is 13.6 Å². The Morgan fingerprint density at radius 3 is 2.16 bits per heavy atom. The summed E-state index contributed by atoms with van der Waals surface area (Å²) in [6.07, 6.45) is 3.39. The molecule has 1 saturated carbocycles. The van der Waals surface area contributed by atoms with Crippen LogP contribution in [-0.4, -0.2) is 18.0 Å². The van der Waals surface area contributed by atoms with Crippen molar-refractivity contribution >= 4 is 18.3 Å². The van der Waals surface area contributed by atoms with E-state index in [1.807, 2.05) is 0 Å². The molecule has 6 heteroatoms. The number of nitrogens with one attached hydrogen (secondary N) is 1. The fourth-order valence-electron chi connectivity index (χ4n) is 3.05. The van der Waals surface area contributed by atoms with Crippen molar-refractivity contribution in [1.82, 2.24) is 5.32 Å². The molecular formula is C19H21ClF2N2O. The smallest absolute Gasteiger partial charge is 0.254 e. The number of carbonyl (C=O) groups is 1. The molecule has 2 aromatic rings. The van der Waals surface area contributed by atoms with Crippen molar-refractivity contribution in [2.45, 2.75) is 37.8 Å². The Labute approximate surface area is 152 Å². The monoisotopic (exact) mass is 366 g/mol. The molecule has 1 amide bonds. The van der Waals surface area contributed by atoms with Gasteiger partial charge in [0.25, 0.3) is 5.91 Å². The van der Waals surface area contributed by atoms with Gasteiger partial charge in [-0.3, -0.25) is 4.79 Å². The molecule has 3 nitrogen and oxygen atoms in total. The van der Waals surface area contributed by atoms with Crippen LogP contribution in [0.5, 0.6) is 0 Å². The highest BCUT2D eigenvalue weighted by molar-refractivity contribution is 5.95. The van der Waals surface area contributed by atoms with Crippen LogP contribution in [-0.2, 0) is 0 Å². The molecule has 25 heavy (non-hydrogen) atoms. The molecular weight excluding hydrogens is 346 g/mol. The van der Waals surface area contributed by atoms with E-state index in [4.69, 9.17) is 5.73 Å². The Morgan fingerprint density at radius 2 is 1.56 bits per heavy atom. The van der Waals surface area contributed by atoms with Crippen LogP contribution < -0.4 is 11.1 Å². The van der Waals surface area contributed by atoms with Gasteiger partial charge in [-0.25, -0.2) is 8.78 Å². The van der Waals surface area contributed by atoms with E-state index in [0.29, 0.717) is 11.1 Å². The van der Waals surface area contributed by atoms with Crippen LogP contribution in [0.1, 0.15) is 36.0 Å². The fourth-order valence-corrected chi connectivity index (χ4v) is 3.05. The van der Waals surface area contributed by atoms with Crippen LogP contribution in [0.3, 0.4) is 0 Å². The van der Waals surface area contributed by atoms with E-state index in [-0.39, 0.29) is 35.9 Å². The van der Waals surface area contributed by atoms with E-state index in [1.165, 1.54) is 24.3 Å². The average Bonchev–Trinajstić information content (AvgIpc) is 2.57. The number of hydrogen-bond acceptors (Lipinski definition) is 2. The third kappa shape index (κ3) is 4.77. The first-order valence-corrected chi connectivity index (χ1v) is 8.15. The van der Waals surface area contributed by atoms with Crippen molar-refractivity contribution in [2.24, 2.45) is 5.73 Å². The SMILES string of the molecule is Cl.NC1CCC(NC(=O)c2ccc(-c3ccc(F)cc3)cc2F)CC1. The van der Waals surface area contributed by atoms with Crippen LogP contribution in [0.25, 0.3) is 11.1 Å². The second kappa shape index (κ2) is 8.41. The van der Waals surface area contributed by atoms with Crippen LogP contribution >= 0.6 is 12.4 Å². The maximum absolute atomic E-state index is 14.3. The third-order valence-electron chi connectivity index (χ3n) is 4.50. The zero-order valence-electron chi connectivity index (χ0n) is 13.7. The third-order valence-corrected chi connectivity index (χ3v) is 4.50. The number of hydrogen-bond donors (Lipinski definition) is 2. The Hall–Kier alpha value is -1.98. The minimum absolute atomic E-state index is 0. The number of rotatable bonds is 3. The summed E-state index contributed by atoms with van der Waals surface area (Å²) < 4.78 is 27.3. The summed E-state index contributed by atoms with van der Waals surface area (Å²) >= 11 is 0. The van der Waals surface area contributed by atoms with E-state index in [0.717, 1.165) is 25.7 Å². The fraction of sp³-hybridized carbons (Fsp3) is 0.316. The molecule has 0 heterocycles. The quantitative estimate of drug-likeness (QED) is 0.860. The number of halogens is 3. The molecule has 1 aliphatic rings. The molecule has 0 spiro atoms. The maximum atomic E-state index is 14.3. The minimum atomic E-state index is -0.582. The van der Waals surface area contributed by atoms with Gasteiger partial charge in [0.2, 0.25) is 0 Å². The van der Waals surface area contributed by atoms with Crippen LogP contribution in [0.15, 0.2) is 42.5 Å². The lowest BCUT2D eigenvalue weighted by Crippen LogP contribution is -2.40. The van der Waals surface area contributed by atoms with Crippen molar-refractivity contribution in [2.75, 3.05) is 0 Å². The summed E-state index contributed by atoms with van der Waals surface area (Å²) in [5.41, 5.74) is 7.17. The van der Waals surface area contributed by atoms with Gasteiger partial charge >= 0.3 is 0 Å². The second-order valence-corrected chi connectivity index (χ2v) is 6.29. The first kappa shape index (κ1) is 19.3. The summed E-state index contributed by atoms with van der Waals surface area (Å²) in [6, 6.07) is 10.5. The summed E-state index contributed by atoms with van der Waals surface area (Å²) in [6.45, 7) is 0. The number of nitrogens with two attached hydrogens (primary N) is 1. The molecule has 1 fully saturated rings. The van der Waals surface area contributed by atoms with E-state index in [2.05, 4.69) is 5.32 Å². The molecule has 3 N–H and O–H groups in total. The molecule has 0 aliphatic heterocycles. The van der Waals surface area contributed by atoms with Gasteiger partial charge in [-0.2, -0.15) is 0 Å². The van der Waals surface area contributed by atoms with Gasteiger partial charge in [-0.15, -0.1) is 12.4 Å². The highest BCUT2D eigenvalue weighted by Crippen LogP contribution is 2.23. The molecule has 1 aliphatic carbocycles. The van der Waals surface area contributed by atoms with Gasteiger partial charge in [0.15, 0.2) is 0 Å². The summed E-state index contributed by atoms with van der Waals surface area (Å²) in [5, 5.41) is 2.88. The standard InChI is InChI=1S/C19H20F2N2O.ClH/c20-14-4-1-12(2-5-14)13-3-10-17(18(21)11-13)19(24)23-16-8-6-15(22)7-9-16;/h1-5,10-11,15-16H,6-9,22H2,(H,23,24);1H. The molecule has 0 atom stereocenters. The molecule has 0 unspecified atom stereocenters. The molecule has 0 bridgehead atoms. The molecule has 2 aromatic carbocycles. The van der Waals surface area contributed by atoms with E-state index >= 15 is 0 Å².